The van der Waals surface area contributed by atoms with Crippen LogP contribution < -0.4 is 0 Å². The fraction of sp³-hybridized carbons (Fsp3) is 0. The Morgan fingerprint density at radius 2 is 0.917 bits per heavy atom. The zero-order chi connectivity index (χ0) is 8.41. The van der Waals surface area contributed by atoms with Gasteiger partial charge >= 0.3 is 18.3 Å². The minimum Gasteiger partial charge on any atom is -0.277 e. The molecule has 2 radical (unpaired) electrons. The van der Waals surface area contributed by atoms with Gasteiger partial charge in [-0.2, -0.15) is 16.8 Å². The molecular formula is H2K2O6S4. The van der Waals surface area contributed by atoms with E-state index >= 15 is 0 Å². The van der Waals surface area contributed by atoms with Crippen molar-refractivity contribution in [1.82, 2.24) is 0 Å². The molecule has 0 saturated carbocycles. The van der Waals surface area contributed by atoms with Gasteiger partial charge in [0.05, 0.1) is 19.7 Å². The molecule has 0 fully saturated rings. The van der Waals surface area contributed by atoms with Crippen LogP contribution in [-0.4, -0.2) is 129 Å². The summed E-state index contributed by atoms with van der Waals surface area (Å²) in [5.74, 6) is 0. The predicted molar refractivity (Wildman–Crippen MR) is 49.8 cm³/mol. The first-order valence-corrected chi connectivity index (χ1v) is 7.60. The summed E-state index contributed by atoms with van der Waals surface area (Å²) in [4.78, 5) is 0. The summed E-state index contributed by atoms with van der Waals surface area (Å²) in [6, 6.07) is 0. The summed E-state index contributed by atoms with van der Waals surface area (Å²) in [6.07, 6.45) is 0. The van der Waals surface area contributed by atoms with Gasteiger partial charge in [-0.05, 0) is 0 Å². The molecule has 0 aromatic rings. The summed E-state index contributed by atoms with van der Waals surface area (Å²) < 4.78 is 55.0. The molecular weight excluding hydrogens is 302 g/mol. The standard InChI is InChI=1S/2K.H2O6S4/c;;1-9(2,3)7-8-10(4,5)6/h;;(H,1,2,3)(H,4,5,6). The first-order valence-electron chi connectivity index (χ1n) is 1.53. The van der Waals surface area contributed by atoms with Crippen molar-refractivity contribution in [2.75, 3.05) is 0 Å². The van der Waals surface area contributed by atoms with Crippen LogP contribution in [0.3, 0.4) is 0 Å². The minimum absolute atomic E-state index is 0. The molecule has 64 valence electrons. The SMILES string of the molecule is O=S(=O)(O)SSS(=O)(=O)O.[K].[K]. The summed E-state index contributed by atoms with van der Waals surface area (Å²) in [7, 11) is -9.54. The quantitative estimate of drug-likeness (QED) is 0.397. The third kappa shape index (κ3) is 19.4. The van der Waals surface area contributed by atoms with Crippen molar-refractivity contribution in [1.29, 1.82) is 0 Å². The Morgan fingerprint density at radius 3 is 1.00 bits per heavy atom. The molecule has 0 bridgehead atoms. The van der Waals surface area contributed by atoms with Crippen LogP contribution in [0.15, 0.2) is 0 Å². The average Bonchev–Trinajstić information content (AvgIpc) is 1.57. The number of hydrogen-bond donors (Lipinski definition) is 2. The molecule has 0 amide bonds. The molecule has 0 atom stereocenters. The number of hydrogen-bond acceptors (Lipinski definition) is 6. The van der Waals surface area contributed by atoms with Gasteiger partial charge in [0.1, 0.15) is 0 Å². The van der Waals surface area contributed by atoms with Crippen LogP contribution >= 0.6 is 19.7 Å². The van der Waals surface area contributed by atoms with Crippen molar-refractivity contribution in [2.45, 2.75) is 0 Å². The van der Waals surface area contributed by atoms with Gasteiger partial charge in [0.2, 0.25) is 0 Å². The summed E-state index contributed by atoms with van der Waals surface area (Å²) >= 11 is 0. The Morgan fingerprint density at radius 1 is 0.750 bits per heavy atom. The molecule has 0 aliphatic rings. The van der Waals surface area contributed by atoms with Crippen LogP contribution in [0.1, 0.15) is 0 Å². The van der Waals surface area contributed by atoms with E-state index in [1.54, 1.807) is 0 Å². The normalized spacial score (nSPS) is 11.2. The molecule has 0 saturated heterocycles. The van der Waals surface area contributed by atoms with E-state index in [0.29, 0.717) is 0 Å². The van der Waals surface area contributed by atoms with E-state index in [0.717, 1.165) is 0 Å². The average molecular weight is 304 g/mol. The van der Waals surface area contributed by atoms with Crippen LogP contribution in [0.4, 0.5) is 0 Å². The van der Waals surface area contributed by atoms with Crippen molar-refractivity contribution < 1.29 is 25.9 Å². The smallest absolute Gasteiger partial charge is 0.277 e. The van der Waals surface area contributed by atoms with Gasteiger partial charge < -0.3 is 0 Å². The van der Waals surface area contributed by atoms with Gasteiger partial charge in [-0.15, -0.1) is 0 Å². The Kier molecular flexibility index (Phi) is 15.6. The third-order valence-electron chi connectivity index (χ3n) is 0.200. The molecule has 0 aromatic carbocycles. The van der Waals surface area contributed by atoms with E-state index in [-0.39, 0.29) is 122 Å². The van der Waals surface area contributed by atoms with E-state index < -0.39 is 18.3 Å². The van der Waals surface area contributed by atoms with Crippen molar-refractivity contribution in [3.8, 4) is 0 Å². The van der Waals surface area contributed by atoms with Crippen LogP contribution in [-0.2, 0) is 18.3 Å². The first-order chi connectivity index (χ1) is 4.21. The molecule has 12 heteroatoms. The van der Waals surface area contributed by atoms with Gasteiger partial charge in [0, 0.05) is 103 Å². The molecule has 0 aliphatic carbocycles. The van der Waals surface area contributed by atoms with E-state index in [1.807, 2.05) is 0 Å². The third-order valence-corrected chi connectivity index (χ3v) is 6.89. The van der Waals surface area contributed by atoms with E-state index in [9.17, 15) is 16.8 Å². The molecule has 0 aliphatic heterocycles. The topological polar surface area (TPSA) is 109 Å². The van der Waals surface area contributed by atoms with Gasteiger partial charge in [0.25, 0.3) is 0 Å². The van der Waals surface area contributed by atoms with Gasteiger partial charge in [0.15, 0.2) is 0 Å². The molecule has 0 spiro atoms. The molecule has 0 rings (SSSR count). The molecule has 12 heavy (non-hydrogen) atoms. The van der Waals surface area contributed by atoms with Crippen molar-refractivity contribution in [3.63, 3.8) is 0 Å². The Labute approximate surface area is 162 Å². The Hall–Kier alpha value is 3.79. The summed E-state index contributed by atoms with van der Waals surface area (Å²) in [5.41, 5.74) is 0. The molecule has 6 nitrogen and oxygen atoms in total. The van der Waals surface area contributed by atoms with Crippen molar-refractivity contribution >= 4 is 141 Å². The minimum atomic E-state index is -4.42. The second kappa shape index (κ2) is 8.89. The van der Waals surface area contributed by atoms with E-state index in [2.05, 4.69) is 0 Å². The predicted octanol–water partition coefficient (Wildman–Crippen LogP) is -0.788. The molecule has 0 unspecified atom stereocenters. The zero-order valence-electron chi connectivity index (χ0n) is 6.16. The zero-order valence-corrected chi connectivity index (χ0v) is 15.7. The maximum absolute atomic E-state index is 9.80. The van der Waals surface area contributed by atoms with Crippen LogP contribution in [0.5, 0.6) is 0 Å². The van der Waals surface area contributed by atoms with Crippen molar-refractivity contribution in [2.24, 2.45) is 0 Å². The monoisotopic (exact) mass is 304 g/mol. The number of rotatable bonds is 3. The fourth-order valence-corrected chi connectivity index (χ4v) is 5.69. The van der Waals surface area contributed by atoms with Gasteiger partial charge in [-0.1, -0.05) is 0 Å². The van der Waals surface area contributed by atoms with Crippen LogP contribution in [0.25, 0.3) is 0 Å². The second-order valence-corrected chi connectivity index (χ2v) is 8.77. The van der Waals surface area contributed by atoms with Crippen molar-refractivity contribution in [3.05, 3.63) is 0 Å². The summed E-state index contributed by atoms with van der Waals surface area (Å²) in [6.45, 7) is 0. The molecule has 2 N–H and O–H groups in total. The fourth-order valence-electron chi connectivity index (χ4n) is 0.0702. The van der Waals surface area contributed by atoms with Gasteiger partial charge in [-0.3, -0.25) is 9.11 Å². The Bertz CT molecular complexity index is 254. The van der Waals surface area contributed by atoms with E-state index in [1.165, 1.54) is 0 Å². The molecule has 0 heterocycles. The first kappa shape index (κ1) is 21.1. The Balaban J connectivity index is -0.000000405. The maximum Gasteiger partial charge on any atom is 0.330 e. The van der Waals surface area contributed by atoms with Crippen LogP contribution in [0, 0.1) is 0 Å². The van der Waals surface area contributed by atoms with Crippen LogP contribution in [0.2, 0.25) is 0 Å². The largest absolute Gasteiger partial charge is 0.330 e. The molecule has 0 aromatic heterocycles. The maximum atomic E-state index is 9.80. The van der Waals surface area contributed by atoms with E-state index in [4.69, 9.17) is 9.11 Å². The van der Waals surface area contributed by atoms with Gasteiger partial charge in [-0.25, -0.2) is 0 Å². The summed E-state index contributed by atoms with van der Waals surface area (Å²) in [5, 5.41) is 0. The second-order valence-electron chi connectivity index (χ2n) is 0.992.